The first-order valence-corrected chi connectivity index (χ1v) is 7.13. The van der Waals surface area contributed by atoms with Crippen LogP contribution in [0, 0.1) is 0 Å². The van der Waals surface area contributed by atoms with E-state index < -0.39 is 0 Å². The lowest BCUT2D eigenvalue weighted by atomic mass is 10.2. The summed E-state index contributed by atoms with van der Waals surface area (Å²) >= 11 is 0. The number of benzene rings is 1. The maximum absolute atomic E-state index is 9.58. The second-order valence-electron chi connectivity index (χ2n) is 3.23. The predicted octanol–water partition coefficient (Wildman–Crippen LogP) is 5.79. The van der Waals surface area contributed by atoms with Crippen molar-refractivity contribution < 1.29 is 9.84 Å². The quantitative estimate of drug-likeness (QED) is 0.545. The summed E-state index contributed by atoms with van der Waals surface area (Å²) < 4.78 is 5.45. The van der Waals surface area contributed by atoms with Crippen LogP contribution < -0.4 is 0 Å². The molecule has 0 radical (unpaired) electrons. The molecular weight excluding hydrogens is 248 g/mol. The first-order chi connectivity index (χ1) is 9.77. The van der Waals surface area contributed by atoms with Gasteiger partial charge >= 0.3 is 0 Å². The van der Waals surface area contributed by atoms with Gasteiger partial charge in [-0.05, 0) is 24.6 Å². The molecule has 1 N–H and O–H groups in total. The number of aliphatic hydroxyl groups is 1. The smallest absolute Gasteiger partial charge is 0.160 e. The minimum Gasteiger partial charge on any atom is -0.504 e. The molecule has 2 heteroatoms. The normalized spacial score (nSPS) is 10.4. The molecule has 0 spiro atoms. The number of allylic oxidation sites excluding steroid dienone is 3. The van der Waals surface area contributed by atoms with E-state index in [1.54, 1.807) is 12.2 Å². The van der Waals surface area contributed by atoms with Gasteiger partial charge in [-0.1, -0.05) is 70.7 Å². The van der Waals surface area contributed by atoms with Crippen LogP contribution in [-0.4, -0.2) is 5.11 Å². The first kappa shape index (κ1) is 20.4. The van der Waals surface area contributed by atoms with Gasteiger partial charge in [-0.3, -0.25) is 0 Å². The summed E-state index contributed by atoms with van der Waals surface area (Å²) in [5, 5.41) is 9.58. The van der Waals surface area contributed by atoms with Crippen molar-refractivity contribution in [1.82, 2.24) is 0 Å². The van der Waals surface area contributed by atoms with Crippen LogP contribution in [0.4, 0.5) is 0 Å². The van der Waals surface area contributed by atoms with Crippen LogP contribution in [0.1, 0.15) is 40.2 Å². The fourth-order valence-corrected chi connectivity index (χ4v) is 1.21. The molecule has 0 aliphatic heterocycles. The Labute approximate surface area is 124 Å². The Hall–Kier alpha value is -1.96. The third-order valence-corrected chi connectivity index (χ3v) is 2.00. The Balaban J connectivity index is 0. The van der Waals surface area contributed by atoms with Gasteiger partial charge in [0, 0.05) is 0 Å². The summed E-state index contributed by atoms with van der Waals surface area (Å²) in [5.41, 5.74) is 1.05. The average molecular weight is 276 g/mol. The van der Waals surface area contributed by atoms with Crippen molar-refractivity contribution >= 4 is 0 Å². The zero-order valence-corrected chi connectivity index (χ0v) is 13.4. The Kier molecular flexibility index (Phi) is 15.4. The number of hydrogen-bond donors (Lipinski definition) is 1. The minimum absolute atomic E-state index is 0.0911. The summed E-state index contributed by atoms with van der Waals surface area (Å²) in [4.78, 5) is 0. The largest absolute Gasteiger partial charge is 0.504 e. The van der Waals surface area contributed by atoms with Gasteiger partial charge in [-0.2, -0.15) is 0 Å². The van der Waals surface area contributed by atoms with E-state index in [-0.39, 0.29) is 5.76 Å². The molecule has 0 unspecified atom stereocenters. The van der Waals surface area contributed by atoms with Gasteiger partial charge in [-0.15, -0.1) is 0 Å². The van der Waals surface area contributed by atoms with E-state index in [1.807, 2.05) is 65.0 Å². The zero-order valence-electron chi connectivity index (χ0n) is 13.4. The van der Waals surface area contributed by atoms with E-state index in [0.29, 0.717) is 12.4 Å². The molecule has 1 aromatic rings. The molecule has 0 bridgehead atoms. The van der Waals surface area contributed by atoms with Crippen molar-refractivity contribution in [3.8, 4) is 0 Å². The summed E-state index contributed by atoms with van der Waals surface area (Å²) in [7, 11) is 0. The molecule has 112 valence electrons. The maximum atomic E-state index is 9.58. The summed E-state index contributed by atoms with van der Waals surface area (Å²) in [6, 6.07) is 9.77. The molecule has 0 aliphatic carbocycles. The summed E-state index contributed by atoms with van der Waals surface area (Å²) in [5.74, 6) is 0.482. The molecule has 0 saturated carbocycles. The Morgan fingerprint density at radius 3 is 2.15 bits per heavy atom. The molecule has 0 amide bonds. The number of hydrogen-bond acceptors (Lipinski definition) is 2. The van der Waals surface area contributed by atoms with E-state index in [1.165, 1.54) is 6.08 Å². The SMILES string of the molecule is C=C/C(OCc1ccccc1)=C(O)\C=C/C.CC.CC. The van der Waals surface area contributed by atoms with Crippen LogP contribution in [0.3, 0.4) is 0 Å². The zero-order chi connectivity index (χ0) is 15.8. The highest BCUT2D eigenvalue weighted by Gasteiger charge is 2.00. The van der Waals surface area contributed by atoms with Gasteiger partial charge in [-0.25, -0.2) is 0 Å². The Morgan fingerprint density at radius 1 is 1.15 bits per heavy atom. The maximum Gasteiger partial charge on any atom is 0.160 e. The van der Waals surface area contributed by atoms with Crippen molar-refractivity contribution in [2.24, 2.45) is 0 Å². The van der Waals surface area contributed by atoms with Gasteiger partial charge in [0.2, 0.25) is 0 Å². The standard InChI is InChI=1S/C14H16O2.2C2H6/c1-3-8-13(15)14(4-2)16-11-12-9-6-5-7-10-12;2*1-2/h3-10,15H,2,11H2,1H3;2*1-2H3/b8-3-,14-13-;;. The third kappa shape index (κ3) is 9.03. The van der Waals surface area contributed by atoms with Crippen molar-refractivity contribution in [1.29, 1.82) is 0 Å². The number of ether oxygens (including phenoxy) is 1. The van der Waals surface area contributed by atoms with Crippen LogP contribution in [0.2, 0.25) is 0 Å². The molecule has 0 aromatic heterocycles. The summed E-state index contributed by atoms with van der Waals surface area (Å²) in [6.07, 6.45) is 4.81. The van der Waals surface area contributed by atoms with E-state index in [2.05, 4.69) is 6.58 Å². The minimum atomic E-state index is 0.0911. The lowest BCUT2D eigenvalue weighted by Crippen LogP contribution is -1.94. The second-order valence-corrected chi connectivity index (χ2v) is 3.23. The molecular formula is C18H28O2. The van der Waals surface area contributed by atoms with Crippen LogP contribution >= 0.6 is 0 Å². The fraction of sp³-hybridized carbons (Fsp3) is 0.333. The highest BCUT2D eigenvalue weighted by Crippen LogP contribution is 2.10. The van der Waals surface area contributed by atoms with Crippen LogP contribution in [0.5, 0.6) is 0 Å². The molecule has 0 fully saturated rings. The van der Waals surface area contributed by atoms with Crippen LogP contribution in [0.15, 0.2) is 66.7 Å². The van der Waals surface area contributed by atoms with E-state index >= 15 is 0 Å². The van der Waals surface area contributed by atoms with Gasteiger partial charge in [0.05, 0.1) is 0 Å². The summed E-state index contributed by atoms with van der Waals surface area (Å²) in [6.45, 7) is 13.8. The fourth-order valence-electron chi connectivity index (χ4n) is 1.21. The van der Waals surface area contributed by atoms with Crippen molar-refractivity contribution in [3.63, 3.8) is 0 Å². The molecule has 0 aliphatic rings. The van der Waals surface area contributed by atoms with Crippen LogP contribution in [-0.2, 0) is 11.3 Å². The van der Waals surface area contributed by atoms with Crippen LogP contribution in [0.25, 0.3) is 0 Å². The Morgan fingerprint density at radius 2 is 1.70 bits per heavy atom. The monoisotopic (exact) mass is 276 g/mol. The average Bonchev–Trinajstić information content (AvgIpc) is 2.53. The number of aliphatic hydroxyl groups excluding tert-OH is 1. The third-order valence-electron chi connectivity index (χ3n) is 2.00. The molecule has 20 heavy (non-hydrogen) atoms. The second kappa shape index (κ2) is 15.1. The van der Waals surface area contributed by atoms with Gasteiger partial charge in [0.25, 0.3) is 0 Å². The van der Waals surface area contributed by atoms with Gasteiger partial charge in [0.1, 0.15) is 6.61 Å². The van der Waals surface area contributed by atoms with E-state index in [4.69, 9.17) is 4.74 Å². The predicted molar refractivity (Wildman–Crippen MR) is 88.6 cm³/mol. The molecule has 1 aromatic carbocycles. The van der Waals surface area contributed by atoms with Crippen molar-refractivity contribution in [2.45, 2.75) is 41.2 Å². The molecule has 2 nitrogen and oxygen atoms in total. The lowest BCUT2D eigenvalue weighted by molar-refractivity contribution is 0.194. The molecule has 0 heterocycles. The van der Waals surface area contributed by atoms with Gasteiger partial charge < -0.3 is 9.84 Å². The van der Waals surface area contributed by atoms with Gasteiger partial charge in [0.15, 0.2) is 11.5 Å². The lowest BCUT2D eigenvalue weighted by Gasteiger charge is -2.07. The topological polar surface area (TPSA) is 29.5 Å². The van der Waals surface area contributed by atoms with Crippen molar-refractivity contribution in [2.75, 3.05) is 0 Å². The molecule has 0 atom stereocenters. The highest BCUT2D eigenvalue weighted by atomic mass is 16.5. The molecule has 1 rings (SSSR count). The number of rotatable bonds is 5. The highest BCUT2D eigenvalue weighted by molar-refractivity contribution is 5.22. The first-order valence-electron chi connectivity index (χ1n) is 7.13. The van der Waals surface area contributed by atoms with Crippen molar-refractivity contribution in [3.05, 3.63) is 72.2 Å². The van der Waals surface area contributed by atoms with E-state index in [0.717, 1.165) is 5.56 Å². The Bertz CT molecular complexity index is 389. The van der Waals surface area contributed by atoms with E-state index in [9.17, 15) is 5.11 Å². The molecule has 0 saturated heterocycles.